The minimum Gasteiger partial charge on any atom is -0.350 e. The van der Waals surface area contributed by atoms with E-state index in [1.165, 1.54) is 10.5 Å². The van der Waals surface area contributed by atoms with Crippen molar-refractivity contribution in [3.8, 4) is 0 Å². The van der Waals surface area contributed by atoms with Crippen molar-refractivity contribution in [2.45, 2.75) is 34.1 Å². The summed E-state index contributed by atoms with van der Waals surface area (Å²) in [6.07, 6.45) is 0.940. The molecule has 4 nitrogen and oxygen atoms in total. The van der Waals surface area contributed by atoms with Crippen LogP contribution in [0.4, 0.5) is 11.4 Å². The molecule has 0 fully saturated rings. The number of carbonyl (C=O) groups is 2. The van der Waals surface area contributed by atoms with Crippen LogP contribution in [-0.2, 0) is 16.0 Å². The maximum Gasteiger partial charge on any atom is 0.282 e. The van der Waals surface area contributed by atoms with Crippen LogP contribution < -0.4 is 10.2 Å². The predicted octanol–water partition coefficient (Wildman–Crippen LogP) is 5.57. The van der Waals surface area contributed by atoms with Crippen LogP contribution in [0.3, 0.4) is 0 Å². The molecule has 1 aliphatic rings. The van der Waals surface area contributed by atoms with E-state index >= 15 is 0 Å². The maximum atomic E-state index is 13.5. The van der Waals surface area contributed by atoms with Crippen molar-refractivity contribution < 1.29 is 9.59 Å². The van der Waals surface area contributed by atoms with Crippen LogP contribution in [0.2, 0.25) is 0 Å². The lowest BCUT2D eigenvalue weighted by Crippen LogP contribution is -2.32. The zero-order valence-corrected chi connectivity index (χ0v) is 18.3. The molecule has 1 aliphatic heterocycles. The lowest BCUT2D eigenvalue weighted by Gasteiger charge is -2.16. The van der Waals surface area contributed by atoms with Crippen molar-refractivity contribution >= 4 is 28.8 Å². The lowest BCUT2D eigenvalue weighted by molar-refractivity contribution is -0.120. The quantitative estimate of drug-likeness (QED) is 0.559. The van der Waals surface area contributed by atoms with E-state index in [1.54, 1.807) is 0 Å². The highest BCUT2D eigenvalue weighted by molar-refractivity contribution is 6.46. The van der Waals surface area contributed by atoms with E-state index in [-0.39, 0.29) is 11.8 Å². The molecule has 0 saturated carbocycles. The predicted molar refractivity (Wildman–Crippen MR) is 126 cm³/mol. The number of nitrogens with zero attached hydrogens (tertiary/aromatic N) is 1. The molecule has 4 rings (SSSR count). The molecular formula is C27H26N2O2. The van der Waals surface area contributed by atoms with Crippen molar-refractivity contribution in [2.24, 2.45) is 0 Å². The van der Waals surface area contributed by atoms with Gasteiger partial charge in [0.1, 0.15) is 5.70 Å². The molecule has 1 heterocycles. The number of imide groups is 1. The molecule has 0 saturated heterocycles. The molecular weight excluding hydrogens is 384 g/mol. The molecule has 156 valence electrons. The zero-order chi connectivity index (χ0) is 22.1. The summed E-state index contributed by atoms with van der Waals surface area (Å²) in [5, 5.41) is 3.24. The molecule has 4 heteroatoms. The Kier molecular flexibility index (Phi) is 5.47. The molecule has 0 spiro atoms. The minimum atomic E-state index is -0.344. The van der Waals surface area contributed by atoms with E-state index in [1.807, 2.05) is 87.5 Å². The fraction of sp³-hybridized carbons (Fsp3) is 0.185. The largest absolute Gasteiger partial charge is 0.350 e. The van der Waals surface area contributed by atoms with Gasteiger partial charge in [-0.05, 0) is 68.1 Å². The van der Waals surface area contributed by atoms with Gasteiger partial charge < -0.3 is 5.32 Å². The second-order valence-electron chi connectivity index (χ2n) is 8.03. The van der Waals surface area contributed by atoms with E-state index in [4.69, 9.17) is 0 Å². The number of carbonyl (C=O) groups excluding carboxylic acids is 2. The standard InChI is InChI=1S/C27H26N2O2/c1-5-20-9-11-21(12-10-20)28-25-24(23-15-8-18(3)16-19(23)4)26(30)29(27(25)31)22-13-6-17(2)7-14-22/h6-16,28H,5H2,1-4H3. The average molecular weight is 411 g/mol. The summed E-state index contributed by atoms with van der Waals surface area (Å²) in [5.41, 5.74) is 7.18. The molecule has 2 amide bonds. The van der Waals surface area contributed by atoms with Crippen molar-refractivity contribution in [2.75, 3.05) is 10.2 Å². The van der Waals surface area contributed by atoms with Crippen LogP contribution in [0.15, 0.2) is 72.4 Å². The van der Waals surface area contributed by atoms with Crippen LogP contribution in [0.1, 0.15) is 34.7 Å². The number of hydrogen-bond donors (Lipinski definition) is 1. The second-order valence-corrected chi connectivity index (χ2v) is 8.03. The molecule has 3 aromatic carbocycles. The van der Waals surface area contributed by atoms with Gasteiger partial charge in [0.25, 0.3) is 11.8 Å². The Morgan fingerprint density at radius 2 is 1.42 bits per heavy atom. The van der Waals surface area contributed by atoms with Gasteiger partial charge in [0.15, 0.2) is 0 Å². The van der Waals surface area contributed by atoms with E-state index < -0.39 is 0 Å². The van der Waals surface area contributed by atoms with Gasteiger partial charge in [0.2, 0.25) is 0 Å². The first kappa shape index (κ1) is 20.6. The monoisotopic (exact) mass is 410 g/mol. The smallest absolute Gasteiger partial charge is 0.282 e. The molecule has 0 bridgehead atoms. The summed E-state index contributed by atoms with van der Waals surface area (Å²) in [6, 6.07) is 21.3. The van der Waals surface area contributed by atoms with Crippen LogP contribution in [0.25, 0.3) is 5.57 Å². The average Bonchev–Trinajstić information content (AvgIpc) is 2.99. The highest BCUT2D eigenvalue weighted by atomic mass is 16.2. The Hall–Kier alpha value is -3.66. The Morgan fingerprint density at radius 1 is 0.774 bits per heavy atom. The molecule has 0 atom stereocenters. The number of nitrogens with one attached hydrogen (secondary N) is 1. The second kappa shape index (κ2) is 8.23. The van der Waals surface area contributed by atoms with Crippen molar-refractivity contribution in [1.29, 1.82) is 0 Å². The molecule has 1 N–H and O–H groups in total. The molecule has 0 aliphatic carbocycles. The van der Waals surface area contributed by atoms with Gasteiger partial charge in [-0.1, -0.05) is 60.5 Å². The zero-order valence-electron chi connectivity index (χ0n) is 18.3. The lowest BCUT2D eigenvalue weighted by atomic mass is 9.97. The Labute approximate surface area is 183 Å². The van der Waals surface area contributed by atoms with E-state index in [9.17, 15) is 9.59 Å². The van der Waals surface area contributed by atoms with Crippen LogP contribution >= 0.6 is 0 Å². The Morgan fingerprint density at radius 3 is 2.03 bits per heavy atom. The number of benzene rings is 3. The van der Waals surface area contributed by atoms with Gasteiger partial charge >= 0.3 is 0 Å². The third-order valence-corrected chi connectivity index (χ3v) is 5.66. The molecule has 0 unspecified atom stereocenters. The van der Waals surface area contributed by atoms with Crippen LogP contribution in [0, 0.1) is 20.8 Å². The maximum absolute atomic E-state index is 13.5. The molecule has 3 aromatic rings. The summed E-state index contributed by atoms with van der Waals surface area (Å²) in [5.74, 6) is -0.656. The summed E-state index contributed by atoms with van der Waals surface area (Å²) in [6.45, 7) is 8.06. The van der Waals surface area contributed by atoms with E-state index in [2.05, 4.69) is 12.2 Å². The number of amides is 2. The third-order valence-electron chi connectivity index (χ3n) is 5.66. The highest BCUT2D eigenvalue weighted by Gasteiger charge is 2.40. The highest BCUT2D eigenvalue weighted by Crippen LogP contribution is 2.35. The fourth-order valence-corrected chi connectivity index (χ4v) is 3.89. The van der Waals surface area contributed by atoms with Gasteiger partial charge in [-0.2, -0.15) is 0 Å². The Balaban J connectivity index is 1.82. The summed E-state index contributed by atoms with van der Waals surface area (Å²) < 4.78 is 0. The van der Waals surface area contributed by atoms with Gasteiger partial charge in [-0.15, -0.1) is 0 Å². The van der Waals surface area contributed by atoms with E-state index in [0.29, 0.717) is 17.0 Å². The number of hydrogen-bond acceptors (Lipinski definition) is 3. The first-order chi connectivity index (χ1) is 14.9. The summed E-state index contributed by atoms with van der Waals surface area (Å²) >= 11 is 0. The van der Waals surface area contributed by atoms with Gasteiger partial charge in [0.05, 0.1) is 11.3 Å². The SMILES string of the molecule is CCc1ccc(NC2=C(c3ccc(C)cc3C)C(=O)N(c3ccc(C)cc3)C2=O)cc1. The van der Waals surface area contributed by atoms with E-state index in [0.717, 1.165) is 34.4 Å². The summed E-state index contributed by atoms with van der Waals surface area (Å²) in [4.78, 5) is 28.3. The normalized spacial score (nSPS) is 13.9. The summed E-state index contributed by atoms with van der Waals surface area (Å²) in [7, 11) is 0. The number of aryl methyl sites for hydroxylation is 4. The van der Waals surface area contributed by atoms with Gasteiger partial charge in [0, 0.05) is 5.69 Å². The van der Waals surface area contributed by atoms with Crippen molar-refractivity contribution in [3.05, 3.63) is 100 Å². The van der Waals surface area contributed by atoms with Crippen LogP contribution in [-0.4, -0.2) is 11.8 Å². The number of rotatable bonds is 5. The number of anilines is 2. The van der Waals surface area contributed by atoms with Crippen LogP contribution in [0.5, 0.6) is 0 Å². The fourth-order valence-electron chi connectivity index (χ4n) is 3.89. The molecule has 0 aromatic heterocycles. The minimum absolute atomic E-state index is 0.307. The Bertz CT molecular complexity index is 1190. The van der Waals surface area contributed by atoms with Gasteiger partial charge in [-0.25, -0.2) is 4.90 Å². The topological polar surface area (TPSA) is 49.4 Å². The molecule has 31 heavy (non-hydrogen) atoms. The van der Waals surface area contributed by atoms with Gasteiger partial charge in [-0.3, -0.25) is 9.59 Å². The van der Waals surface area contributed by atoms with Crippen molar-refractivity contribution in [1.82, 2.24) is 0 Å². The first-order valence-electron chi connectivity index (χ1n) is 10.5. The first-order valence-corrected chi connectivity index (χ1v) is 10.5. The van der Waals surface area contributed by atoms with Crippen molar-refractivity contribution in [3.63, 3.8) is 0 Å². The molecule has 0 radical (unpaired) electrons. The third kappa shape index (κ3) is 3.89.